The lowest BCUT2D eigenvalue weighted by Crippen LogP contribution is -2.09. The highest BCUT2D eigenvalue weighted by atomic mass is 16.5. The predicted octanol–water partition coefficient (Wildman–Crippen LogP) is -1.29. The predicted molar refractivity (Wildman–Crippen MR) is 55.6 cm³/mol. The van der Waals surface area contributed by atoms with Crippen molar-refractivity contribution in [1.82, 2.24) is 4.90 Å². The number of aliphatic hydroxyl groups excluding tert-OH is 2. The molecule has 15 heavy (non-hydrogen) atoms. The molecule has 0 heterocycles. The Hall–Kier alpha value is -0.690. The highest BCUT2D eigenvalue weighted by molar-refractivity contribution is 5.45. The lowest BCUT2D eigenvalue weighted by molar-refractivity contribution is -0.115. The average Bonchev–Trinajstić information content (AvgIpc) is 2.24. The second kappa shape index (κ2) is 15.8. The summed E-state index contributed by atoms with van der Waals surface area (Å²) in [6.07, 6.45) is 0.750. The number of rotatable bonds is 8. The van der Waals surface area contributed by atoms with Crippen LogP contribution in [0.1, 0.15) is 0 Å². The molecule has 0 saturated heterocycles. The lowest BCUT2D eigenvalue weighted by Gasteiger charge is -2.01. The van der Waals surface area contributed by atoms with E-state index in [1.165, 1.54) is 4.90 Å². The van der Waals surface area contributed by atoms with Crippen molar-refractivity contribution in [2.24, 2.45) is 0 Å². The van der Waals surface area contributed by atoms with Crippen LogP contribution in [0.15, 0.2) is 0 Å². The van der Waals surface area contributed by atoms with E-state index in [0.717, 1.165) is 6.41 Å². The third-order valence-electron chi connectivity index (χ3n) is 1.05. The summed E-state index contributed by atoms with van der Waals surface area (Å²) < 4.78 is 9.75. The molecule has 2 N–H and O–H groups in total. The summed E-state index contributed by atoms with van der Waals surface area (Å²) in [4.78, 5) is 10.9. The maximum absolute atomic E-state index is 9.43. The zero-order valence-electron chi connectivity index (χ0n) is 9.39. The van der Waals surface area contributed by atoms with Crippen molar-refractivity contribution in [2.75, 3.05) is 53.7 Å². The fraction of sp³-hybridized carbons (Fsp3) is 0.889. The van der Waals surface area contributed by atoms with Gasteiger partial charge in [-0.15, -0.1) is 0 Å². The lowest BCUT2D eigenvalue weighted by atomic mass is 10.7. The van der Waals surface area contributed by atoms with Gasteiger partial charge in [-0.25, -0.2) is 0 Å². The van der Waals surface area contributed by atoms with Crippen LogP contribution < -0.4 is 0 Å². The fourth-order valence-corrected chi connectivity index (χ4v) is 0.451. The van der Waals surface area contributed by atoms with Gasteiger partial charge in [0.25, 0.3) is 0 Å². The normalized spacial score (nSPS) is 9.07. The van der Waals surface area contributed by atoms with Gasteiger partial charge < -0.3 is 24.6 Å². The SMILES string of the molecule is CN(C)C=O.OCCOCCOCCO. The van der Waals surface area contributed by atoms with Crippen molar-refractivity contribution in [2.45, 2.75) is 0 Å². The molecule has 0 aromatic heterocycles. The first kappa shape index (κ1) is 16.7. The molecular weight excluding hydrogens is 202 g/mol. The Balaban J connectivity index is 0. The van der Waals surface area contributed by atoms with E-state index in [1.54, 1.807) is 14.1 Å². The average molecular weight is 223 g/mol. The van der Waals surface area contributed by atoms with E-state index in [2.05, 4.69) is 0 Å². The van der Waals surface area contributed by atoms with Crippen LogP contribution in [0.3, 0.4) is 0 Å². The van der Waals surface area contributed by atoms with E-state index >= 15 is 0 Å². The van der Waals surface area contributed by atoms with Gasteiger partial charge in [-0.05, 0) is 0 Å². The highest BCUT2D eigenvalue weighted by Gasteiger charge is 1.86. The van der Waals surface area contributed by atoms with Gasteiger partial charge in [0, 0.05) is 14.1 Å². The number of carbonyl (C=O) groups excluding carboxylic acids is 1. The standard InChI is InChI=1S/C6H14O4.C3H7NO/c7-1-3-9-5-6-10-4-2-8;1-4(2)3-5/h7-8H,1-6H2;3H,1-2H3. The highest BCUT2D eigenvalue weighted by Crippen LogP contribution is 1.76. The van der Waals surface area contributed by atoms with Gasteiger partial charge >= 0.3 is 0 Å². The minimum Gasteiger partial charge on any atom is -0.394 e. The van der Waals surface area contributed by atoms with E-state index in [-0.39, 0.29) is 13.2 Å². The number of ether oxygens (including phenoxy) is 2. The van der Waals surface area contributed by atoms with Crippen molar-refractivity contribution in [3.63, 3.8) is 0 Å². The summed E-state index contributed by atoms with van der Waals surface area (Å²) in [5.74, 6) is 0. The monoisotopic (exact) mass is 223 g/mol. The van der Waals surface area contributed by atoms with Crippen molar-refractivity contribution < 1.29 is 24.5 Å². The Morgan fingerprint density at radius 3 is 1.53 bits per heavy atom. The number of nitrogens with zero attached hydrogens (tertiary/aromatic N) is 1. The molecule has 0 radical (unpaired) electrons. The maximum Gasteiger partial charge on any atom is 0.209 e. The molecule has 0 unspecified atom stereocenters. The summed E-state index contributed by atoms with van der Waals surface area (Å²) >= 11 is 0. The molecule has 92 valence electrons. The topological polar surface area (TPSA) is 79.2 Å². The first-order valence-corrected chi connectivity index (χ1v) is 4.68. The first-order valence-electron chi connectivity index (χ1n) is 4.68. The Labute approximate surface area is 90.4 Å². The molecule has 0 rings (SSSR count). The zero-order valence-corrected chi connectivity index (χ0v) is 9.39. The van der Waals surface area contributed by atoms with Crippen LogP contribution in [0.2, 0.25) is 0 Å². The molecule has 0 bridgehead atoms. The van der Waals surface area contributed by atoms with Crippen LogP contribution in [0.25, 0.3) is 0 Å². The van der Waals surface area contributed by atoms with Crippen molar-refractivity contribution in [3.8, 4) is 0 Å². The molecule has 0 spiro atoms. The van der Waals surface area contributed by atoms with Crippen LogP contribution >= 0.6 is 0 Å². The van der Waals surface area contributed by atoms with E-state index in [1.807, 2.05) is 0 Å². The molecule has 0 atom stereocenters. The zero-order chi connectivity index (χ0) is 11.9. The molecule has 0 aromatic carbocycles. The minimum absolute atomic E-state index is 0.0417. The van der Waals surface area contributed by atoms with Gasteiger partial charge in [0.2, 0.25) is 6.41 Å². The number of hydrogen-bond donors (Lipinski definition) is 2. The molecule has 0 aliphatic carbocycles. The summed E-state index contributed by atoms with van der Waals surface area (Å²) in [7, 11) is 3.38. The van der Waals surface area contributed by atoms with E-state index in [9.17, 15) is 4.79 Å². The Bertz CT molecular complexity index is 113. The van der Waals surface area contributed by atoms with Crippen LogP contribution in [-0.4, -0.2) is 75.3 Å². The Kier molecular flexibility index (Phi) is 17.6. The van der Waals surface area contributed by atoms with Gasteiger partial charge in [0.15, 0.2) is 0 Å². The summed E-state index contributed by atoms with van der Waals surface area (Å²) in [6.45, 7) is 1.73. The van der Waals surface area contributed by atoms with E-state index in [4.69, 9.17) is 19.7 Å². The Morgan fingerprint density at radius 1 is 1.00 bits per heavy atom. The van der Waals surface area contributed by atoms with Crippen LogP contribution in [0, 0.1) is 0 Å². The molecule has 6 heteroatoms. The summed E-state index contributed by atoms with van der Waals surface area (Å²) in [5, 5.41) is 16.5. The Morgan fingerprint density at radius 2 is 1.33 bits per heavy atom. The summed E-state index contributed by atoms with van der Waals surface area (Å²) in [5.41, 5.74) is 0. The smallest absolute Gasteiger partial charge is 0.209 e. The van der Waals surface area contributed by atoms with Gasteiger partial charge in [-0.2, -0.15) is 0 Å². The molecule has 0 aromatic rings. The van der Waals surface area contributed by atoms with Crippen LogP contribution in [0.4, 0.5) is 0 Å². The van der Waals surface area contributed by atoms with E-state index in [0.29, 0.717) is 26.4 Å². The molecule has 6 nitrogen and oxygen atoms in total. The third kappa shape index (κ3) is 24.7. The molecule has 0 fully saturated rings. The number of carbonyl (C=O) groups is 1. The van der Waals surface area contributed by atoms with Crippen molar-refractivity contribution in [3.05, 3.63) is 0 Å². The second-order valence-electron chi connectivity index (χ2n) is 2.74. The van der Waals surface area contributed by atoms with Gasteiger partial charge in [0.1, 0.15) is 0 Å². The first-order chi connectivity index (χ1) is 7.18. The molecule has 0 aliphatic heterocycles. The number of hydrogen-bond acceptors (Lipinski definition) is 5. The molecular formula is C9H21NO5. The van der Waals surface area contributed by atoms with Gasteiger partial charge in [-0.3, -0.25) is 4.79 Å². The molecule has 0 aliphatic rings. The van der Waals surface area contributed by atoms with Crippen LogP contribution in [0.5, 0.6) is 0 Å². The third-order valence-corrected chi connectivity index (χ3v) is 1.05. The van der Waals surface area contributed by atoms with Crippen LogP contribution in [-0.2, 0) is 14.3 Å². The van der Waals surface area contributed by atoms with Crippen molar-refractivity contribution >= 4 is 6.41 Å². The minimum atomic E-state index is 0.0417. The molecule has 1 amide bonds. The fourth-order valence-electron chi connectivity index (χ4n) is 0.451. The summed E-state index contributed by atoms with van der Waals surface area (Å²) in [6, 6.07) is 0. The van der Waals surface area contributed by atoms with E-state index < -0.39 is 0 Å². The largest absolute Gasteiger partial charge is 0.394 e. The quantitative estimate of drug-likeness (QED) is 0.395. The maximum atomic E-state index is 9.43. The van der Waals surface area contributed by atoms with Gasteiger partial charge in [-0.1, -0.05) is 0 Å². The molecule has 0 saturated carbocycles. The van der Waals surface area contributed by atoms with Gasteiger partial charge in [0.05, 0.1) is 39.6 Å². The number of aliphatic hydroxyl groups is 2. The van der Waals surface area contributed by atoms with Crippen molar-refractivity contribution in [1.29, 1.82) is 0 Å². The second-order valence-corrected chi connectivity index (χ2v) is 2.74. The number of amides is 1.